The largest absolute Gasteiger partial charge is 0.355 e. The van der Waals surface area contributed by atoms with Crippen LogP contribution in [0, 0.1) is 5.41 Å². The number of hydrogen-bond donors (Lipinski definition) is 0. The average molecular weight is 268 g/mol. The average Bonchev–Trinajstić information content (AvgIpc) is 2.82. The predicted molar refractivity (Wildman–Crippen MR) is 73.0 cm³/mol. The van der Waals surface area contributed by atoms with Gasteiger partial charge in [0, 0.05) is 13.1 Å². The standard InChI is InChI=1S/C12H14ClN3S/c1-12(2)4-5-16(7-12)9-8-3-6-17-10(8)15-11(13)14-9/h3,6H,4-5,7H2,1-2H3. The fourth-order valence-electron chi connectivity index (χ4n) is 2.35. The molecule has 17 heavy (non-hydrogen) atoms. The first-order valence-electron chi connectivity index (χ1n) is 5.71. The summed E-state index contributed by atoms with van der Waals surface area (Å²) in [6.45, 7) is 6.66. The van der Waals surface area contributed by atoms with Crippen molar-refractivity contribution >= 4 is 39.0 Å². The zero-order valence-electron chi connectivity index (χ0n) is 9.90. The first kappa shape index (κ1) is 11.2. The summed E-state index contributed by atoms with van der Waals surface area (Å²) in [6.07, 6.45) is 1.19. The van der Waals surface area contributed by atoms with Crippen LogP contribution >= 0.6 is 22.9 Å². The van der Waals surface area contributed by atoms with Crippen molar-refractivity contribution in [2.75, 3.05) is 18.0 Å². The van der Waals surface area contributed by atoms with E-state index in [4.69, 9.17) is 11.6 Å². The Labute approximate surface area is 109 Å². The summed E-state index contributed by atoms with van der Waals surface area (Å²) >= 11 is 7.60. The topological polar surface area (TPSA) is 29.0 Å². The smallest absolute Gasteiger partial charge is 0.225 e. The highest BCUT2D eigenvalue weighted by Gasteiger charge is 2.31. The highest BCUT2D eigenvalue weighted by molar-refractivity contribution is 7.16. The molecule has 0 radical (unpaired) electrons. The molecule has 0 aromatic carbocycles. The van der Waals surface area contributed by atoms with Gasteiger partial charge in [0.15, 0.2) is 0 Å². The van der Waals surface area contributed by atoms with Gasteiger partial charge in [-0.05, 0) is 34.9 Å². The van der Waals surface area contributed by atoms with Crippen molar-refractivity contribution in [2.24, 2.45) is 5.41 Å². The lowest BCUT2D eigenvalue weighted by Gasteiger charge is -2.21. The van der Waals surface area contributed by atoms with E-state index in [1.54, 1.807) is 11.3 Å². The Balaban J connectivity index is 2.08. The molecular weight excluding hydrogens is 254 g/mol. The summed E-state index contributed by atoms with van der Waals surface area (Å²) in [5.41, 5.74) is 0.361. The summed E-state index contributed by atoms with van der Waals surface area (Å²) in [7, 11) is 0. The summed E-state index contributed by atoms with van der Waals surface area (Å²) in [5, 5.41) is 3.51. The lowest BCUT2D eigenvalue weighted by Crippen LogP contribution is -2.23. The molecule has 0 atom stereocenters. The monoisotopic (exact) mass is 267 g/mol. The molecule has 0 spiro atoms. The van der Waals surface area contributed by atoms with Gasteiger partial charge in [-0.3, -0.25) is 0 Å². The van der Waals surface area contributed by atoms with Crippen molar-refractivity contribution in [3.05, 3.63) is 16.7 Å². The Morgan fingerprint density at radius 3 is 2.94 bits per heavy atom. The molecule has 3 nitrogen and oxygen atoms in total. The van der Waals surface area contributed by atoms with E-state index in [1.165, 1.54) is 6.42 Å². The highest BCUT2D eigenvalue weighted by Crippen LogP contribution is 2.36. The Bertz CT molecular complexity index is 564. The lowest BCUT2D eigenvalue weighted by atomic mass is 9.93. The van der Waals surface area contributed by atoms with Crippen molar-refractivity contribution < 1.29 is 0 Å². The molecule has 2 aromatic rings. The van der Waals surface area contributed by atoms with Gasteiger partial charge in [-0.1, -0.05) is 13.8 Å². The third-order valence-corrected chi connectivity index (χ3v) is 4.23. The molecule has 1 fully saturated rings. The van der Waals surface area contributed by atoms with Gasteiger partial charge < -0.3 is 4.90 Å². The molecule has 0 saturated carbocycles. The minimum atomic E-state index is 0.347. The Morgan fingerprint density at radius 2 is 2.24 bits per heavy atom. The Hall–Kier alpha value is -0.870. The van der Waals surface area contributed by atoms with Crippen LogP contribution in [-0.4, -0.2) is 23.1 Å². The SMILES string of the molecule is CC1(C)CCN(c2nc(Cl)nc3sccc23)C1. The van der Waals surface area contributed by atoms with Gasteiger partial charge in [-0.2, -0.15) is 4.98 Å². The normalized spacial score (nSPS) is 19.1. The fourth-order valence-corrected chi connectivity index (χ4v) is 3.32. The fraction of sp³-hybridized carbons (Fsp3) is 0.500. The van der Waals surface area contributed by atoms with Crippen molar-refractivity contribution in [3.8, 4) is 0 Å². The molecule has 0 unspecified atom stereocenters. The molecule has 90 valence electrons. The van der Waals surface area contributed by atoms with E-state index < -0.39 is 0 Å². The van der Waals surface area contributed by atoms with Gasteiger partial charge in [0.1, 0.15) is 10.6 Å². The van der Waals surface area contributed by atoms with Crippen molar-refractivity contribution in [2.45, 2.75) is 20.3 Å². The van der Waals surface area contributed by atoms with Crippen LogP contribution in [0.2, 0.25) is 5.28 Å². The predicted octanol–water partition coefficient (Wildman–Crippen LogP) is 3.58. The van der Waals surface area contributed by atoms with Crippen molar-refractivity contribution in [1.82, 2.24) is 9.97 Å². The second-order valence-corrected chi connectivity index (χ2v) is 6.52. The zero-order chi connectivity index (χ0) is 12.0. The molecule has 1 saturated heterocycles. The van der Waals surface area contributed by atoms with E-state index in [0.29, 0.717) is 10.7 Å². The van der Waals surface area contributed by atoms with Crippen LogP contribution in [0.25, 0.3) is 10.2 Å². The van der Waals surface area contributed by atoms with E-state index in [-0.39, 0.29) is 0 Å². The molecule has 0 N–H and O–H groups in total. The summed E-state index contributed by atoms with van der Waals surface area (Å²) in [6, 6.07) is 2.08. The molecule has 2 aromatic heterocycles. The van der Waals surface area contributed by atoms with Crippen LogP contribution < -0.4 is 4.90 Å². The van der Waals surface area contributed by atoms with Crippen LogP contribution in [0.4, 0.5) is 5.82 Å². The van der Waals surface area contributed by atoms with Crippen LogP contribution in [0.3, 0.4) is 0 Å². The maximum atomic E-state index is 5.99. The maximum absolute atomic E-state index is 5.99. The second-order valence-electron chi connectivity index (χ2n) is 5.29. The Kier molecular flexibility index (Phi) is 2.52. The van der Waals surface area contributed by atoms with E-state index in [1.807, 2.05) is 5.38 Å². The molecule has 5 heteroatoms. The van der Waals surface area contributed by atoms with E-state index >= 15 is 0 Å². The molecule has 3 heterocycles. The minimum absolute atomic E-state index is 0.347. The van der Waals surface area contributed by atoms with Gasteiger partial charge in [0.2, 0.25) is 5.28 Å². The van der Waals surface area contributed by atoms with Crippen molar-refractivity contribution in [1.29, 1.82) is 0 Å². The Morgan fingerprint density at radius 1 is 1.41 bits per heavy atom. The molecule has 3 rings (SSSR count). The minimum Gasteiger partial charge on any atom is -0.355 e. The van der Waals surface area contributed by atoms with Gasteiger partial charge in [-0.15, -0.1) is 11.3 Å². The number of anilines is 1. The third-order valence-electron chi connectivity index (χ3n) is 3.25. The first-order valence-corrected chi connectivity index (χ1v) is 6.97. The van der Waals surface area contributed by atoms with Gasteiger partial charge in [-0.25, -0.2) is 4.98 Å². The quantitative estimate of drug-likeness (QED) is 0.740. The molecule has 0 aliphatic carbocycles. The number of nitrogens with zero attached hydrogens (tertiary/aromatic N) is 3. The number of halogens is 1. The van der Waals surface area contributed by atoms with E-state index in [9.17, 15) is 0 Å². The van der Waals surface area contributed by atoms with Crippen molar-refractivity contribution in [3.63, 3.8) is 0 Å². The summed E-state index contributed by atoms with van der Waals surface area (Å²) in [4.78, 5) is 12.0. The zero-order valence-corrected chi connectivity index (χ0v) is 11.5. The van der Waals surface area contributed by atoms with Gasteiger partial charge in [0.25, 0.3) is 0 Å². The second kappa shape index (κ2) is 3.82. The molecule has 1 aliphatic heterocycles. The van der Waals surface area contributed by atoms with Gasteiger partial charge >= 0.3 is 0 Å². The van der Waals surface area contributed by atoms with Crippen LogP contribution in [0.15, 0.2) is 11.4 Å². The number of rotatable bonds is 1. The van der Waals surface area contributed by atoms with Gasteiger partial charge in [0.05, 0.1) is 5.39 Å². The van der Waals surface area contributed by atoms with Crippen LogP contribution in [-0.2, 0) is 0 Å². The van der Waals surface area contributed by atoms with E-state index in [2.05, 4.69) is 34.8 Å². The number of fused-ring (bicyclic) bond motifs is 1. The van der Waals surface area contributed by atoms with Crippen LogP contribution in [0.5, 0.6) is 0 Å². The van der Waals surface area contributed by atoms with E-state index in [0.717, 1.165) is 29.1 Å². The number of aromatic nitrogens is 2. The molecular formula is C12H14ClN3S. The summed E-state index contributed by atoms with van der Waals surface area (Å²) in [5.74, 6) is 0.992. The highest BCUT2D eigenvalue weighted by atomic mass is 35.5. The lowest BCUT2D eigenvalue weighted by molar-refractivity contribution is 0.418. The molecule has 0 bridgehead atoms. The summed E-state index contributed by atoms with van der Waals surface area (Å²) < 4.78 is 0. The molecule has 1 aliphatic rings. The van der Waals surface area contributed by atoms with Crippen LogP contribution in [0.1, 0.15) is 20.3 Å². The first-order chi connectivity index (χ1) is 8.05. The number of hydrogen-bond acceptors (Lipinski definition) is 4. The third kappa shape index (κ3) is 2.00. The maximum Gasteiger partial charge on any atom is 0.225 e. The molecule has 0 amide bonds. The number of thiophene rings is 1.